The van der Waals surface area contributed by atoms with Crippen LogP contribution in [0.2, 0.25) is 5.32 Å². The Kier molecular flexibility index (Phi) is 7.45. The van der Waals surface area contributed by atoms with Gasteiger partial charge in [-0.15, -0.1) is 0 Å². The van der Waals surface area contributed by atoms with Crippen molar-refractivity contribution in [3.63, 3.8) is 0 Å². The molecule has 1 fully saturated rings. The number of likely N-dealkylation sites (tertiary alicyclic amines) is 1. The van der Waals surface area contributed by atoms with Crippen LogP contribution in [-0.4, -0.2) is 42.4 Å². The van der Waals surface area contributed by atoms with Crippen molar-refractivity contribution in [2.75, 3.05) is 12.3 Å². The van der Waals surface area contributed by atoms with E-state index in [0.29, 0.717) is 26.8 Å². The Morgan fingerprint density at radius 1 is 0.935 bits per heavy atom. The van der Waals surface area contributed by atoms with Crippen molar-refractivity contribution in [1.29, 1.82) is 0 Å². The van der Waals surface area contributed by atoms with E-state index in [9.17, 15) is 4.21 Å². The van der Waals surface area contributed by atoms with Gasteiger partial charge in [-0.3, -0.25) is 0 Å². The van der Waals surface area contributed by atoms with E-state index in [1.165, 1.54) is 21.8 Å². The van der Waals surface area contributed by atoms with Crippen molar-refractivity contribution < 1.29 is 4.21 Å². The van der Waals surface area contributed by atoms with Crippen LogP contribution in [0.25, 0.3) is 0 Å². The van der Waals surface area contributed by atoms with Gasteiger partial charge in [-0.1, -0.05) is 0 Å². The van der Waals surface area contributed by atoms with E-state index in [1.54, 1.807) is 0 Å². The van der Waals surface area contributed by atoms with Crippen molar-refractivity contribution in [3.05, 3.63) is 96.6 Å². The number of benzene rings is 3. The molecule has 0 saturated carbocycles. The number of rotatable bonds is 8. The predicted octanol–water partition coefficient (Wildman–Crippen LogP) is 5.08. The van der Waals surface area contributed by atoms with E-state index in [1.807, 2.05) is 30.3 Å². The third-order valence-corrected chi connectivity index (χ3v) is 9.80. The first-order chi connectivity index (χ1) is 15.0. The molecule has 0 N–H and O–H groups in total. The summed E-state index contributed by atoms with van der Waals surface area (Å²) in [6.07, 6.45) is 1.20. The molecule has 0 spiro atoms. The second-order valence-corrected chi connectivity index (χ2v) is 12.9. The maximum absolute atomic E-state index is 13.3. The van der Waals surface area contributed by atoms with Gasteiger partial charge in [0.25, 0.3) is 0 Å². The zero-order valence-corrected chi connectivity index (χ0v) is 20.8. The van der Waals surface area contributed by atoms with E-state index in [0.717, 1.165) is 11.4 Å². The van der Waals surface area contributed by atoms with Gasteiger partial charge in [0.1, 0.15) is 0 Å². The van der Waals surface area contributed by atoms with Crippen molar-refractivity contribution in [2.24, 2.45) is 5.41 Å². The van der Waals surface area contributed by atoms with Crippen LogP contribution in [0.4, 0.5) is 0 Å². The molecule has 3 aromatic rings. The van der Waals surface area contributed by atoms with Gasteiger partial charge in [0.15, 0.2) is 0 Å². The van der Waals surface area contributed by atoms with Gasteiger partial charge >= 0.3 is 196 Å². The van der Waals surface area contributed by atoms with E-state index in [2.05, 4.69) is 79.4 Å². The molecular weight excluding hydrogens is 465 g/mol. The molecule has 31 heavy (non-hydrogen) atoms. The summed E-state index contributed by atoms with van der Waals surface area (Å²) in [7, 11) is -1.03. The molecule has 0 bridgehead atoms. The van der Waals surface area contributed by atoms with Gasteiger partial charge in [-0.25, -0.2) is 0 Å². The third kappa shape index (κ3) is 5.96. The van der Waals surface area contributed by atoms with Crippen LogP contribution in [0.15, 0.2) is 95.9 Å². The molecule has 1 saturated heterocycles. The molecule has 1 aliphatic rings. The average Bonchev–Trinajstić information content (AvgIpc) is 3.12. The number of nitrogens with zero attached hydrogens (tertiary/aromatic N) is 1. The molecule has 0 amide bonds. The van der Waals surface area contributed by atoms with Gasteiger partial charge in [0.05, 0.1) is 0 Å². The van der Waals surface area contributed by atoms with E-state index >= 15 is 0 Å². The number of hydrogen-bond donors (Lipinski definition) is 0. The summed E-state index contributed by atoms with van der Waals surface area (Å²) in [5.74, 6) is 0.638. The Labute approximate surface area is 195 Å². The van der Waals surface area contributed by atoms with Gasteiger partial charge < -0.3 is 0 Å². The zero-order chi connectivity index (χ0) is 21.7. The van der Waals surface area contributed by atoms with Crippen LogP contribution in [0.1, 0.15) is 31.9 Å². The minimum atomic E-state index is -1.03. The van der Waals surface area contributed by atoms with Crippen LogP contribution in [-0.2, 0) is 10.8 Å². The predicted molar refractivity (Wildman–Crippen MR) is 132 cm³/mol. The van der Waals surface area contributed by atoms with Crippen molar-refractivity contribution in [2.45, 2.75) is 42.6 Å². The molecule has 162 valence electrons. The summed E-state index contributed by atoms with van der Waals surface area (Å²) in [4.78, 5) is 3.59. The molecule has 4 rings (SSSR count). The van der Waals surface area contributed by atoms with Crippen LogP contribution in [0.5, 0.6) is 0 Å². The van der Waals surface area contributed by atoms with E-state index < -0.39 is 10.8 Å². The number of hydrogen-bond acceptors (Lipinski definition) is 2. The molecule has 0 radical (unpaired) electrons. The molecule has 3 aromatic carbocycles. The van der Waals surface area contributed by atoms with E-state index in [4.69, 9.17) is 0 Å². The van der Waals surface area contributed by atoms with Crippen LogP contribution < -0.4 is 4.46 Å². The SMILES string of the molecule is CC1(C)C[C@@H](C[Se]c2ccccc2)N([C@@H](CS(=O)c2ccccc2)c2ccccc2)C1. The molecule has 1 unspecified atom stereocenters. The fraction of sp³-hybridized carbons (Fsp3) is 0.333. The fourth-order valence-electron chi connectivity index (χ4n) is 4.54. The fourth-order valence-corrected chi connectivity index (χ4v) is 8.06. The molecule has 1 aliphatic heterocycles. The summed E-state index contributed by atoms with van der Waals surface area (Å²) in [5, 5.41) is 1.20. The molecule has 3 atom stereocenters. The second-order valence-electron chi connectivity index (χ2n) is 9.07. The maximum atomic E-state index is 13.3. The Balaban J connectivity index is 1.59. The summed E-state index contributed by atoms with van der Waals surface area (Å²) in [5.41, 5.74) is 1.56. The van der Waals surface area contributed by atoms with Gasteiger partial charge in [0, 0.05) is 0 Å². The Hall–Kier alpha value is -1.71. The first kappa shape index (κ1) is 22.5. The summed E-state index contributed by atoms with van der Waals surface area (Å²) < 4.78 is 14.8. The quantitative estimate of drug-likeness (QED) is 0.405. The van der Waals surface area contributed by atoms with E-state index in [-0.39, 0.29) is 11.5 Å². The summed E-state index contributed by atoms with van der Waals surface area (Å²) >= 11 is 0.449. The standard InChI is InChI=1S/C27H31NOSSe/c1-27(2)18-23(20-31-25-16-10-5-11-17-25)28(21-27)26(22-12-6-3-7-13-22)19-30(29)24-14-8-4-9-15-24/h3-17,23,26H,18-21H2,1-2H3/t23-,26-,30?/m0/s1. The topological polar surface area (TPSA) is 20.3 Å². The minimum absolute atomic E-state index is 0.167. The summed E-state index contributed by atoms with van der Waals surface area (Å²) in [6, 6.07) is 32.2. The van der Waals surface area contributed by atoms with Gasteiger partial charge in [-0.2, -0.15) is 0 Å². The first-order valence-electron chi connectivity index (χ1n) is 10.9. The van der Waals surface area contributed by atoms with Crippen LogP contribution in [0.3, 0.4) is 0 Å². The van der Waals surface area contributed by atoms with Gasteiger partial charge in [-0.05, 0) is 0 Å². The Morgan fingerprint density at radius 2 is 1.52 bits per heavy atom. The average molecular weight is 497 g/mol. The molecular formula is C27H31NOSSe. The molecule has 0 aliphatic carbocycles. The third-order valence-electron chi connectivity index (χ3n) is 5.95. The second kappa shape index (κ2) is 10.3. The molecule has 4 heteroatoms. The van der Waals surface area contributed by atoms with Crippen molar-refractivity contribution in [3.8, 4) is 0 Å². The van der Waals surface area contributed by atoms with Crippen molar-refractivity contribution in [1.82, 2.24) is 4.90 Å². The van der Waals surface area contributed by atoms with Crippen LogP contribution in [0, 0.1) is 5.41 Å². The molecule has 2 nitrogen and oxygen atoms in total. The summed E-state index contributed by atoms with van der Waals surface area (Å²) in [6.45, 7) is 5.81. The van der Waals surface area contributed by atoms with Crippen LogP contribution >= 0.6 is 0 Å². The van der Waals surface area contributed by atoms with Crippen molar-refractivity contribution >= 4 is 30.2 Å². The first-order valence-corrected chi connectivity index (χ1v) is 14.3. The monoisotopic (exact) mass is 497 g/mol. The normalized spacial score (nSPS) is 20.4. The van der Waals surface area contributed by atoms with Gasteiger partial charge in [0.2, 0.25) is 0 Å². The molecule has 1 heterocycles. The molecule has 0 aromatic heterocycles. The Morgan fingerprint density at radius 3 is 2.16 bits per heavy atom. The zero-order valence-electron chi connectivity index (χ0n) is 18.3. The Bertz CT molecular complexity index is 978.